The number of aromatic nitrogens is 2. The van der Waals surface area contributed by atoms with Crippen LogP contribution in [0.1, 0.15) is 37.2 Å². The van der Waals surface area contributed by atoms with Gasteiger partial charge in [0, 0.05) is 12.6 Å². The summed E-state index contributed by atoms with van der Waals surface area (Å²) in [6.07, 6.45) is 3.46. The van der Waals surface area contributed by atoms with Gasteiger partial charge in [0.2, 0.25) is 5.88 Å². The van der Waals surface area contributed by atoms with Gasteiger partial charge in [-0.1, -0.05) is 13.8 Å². The Kier molecular flexibility index (Phi) is 4.54. The lowest BCUT2D eigenvalue weighted by atomic mass is 9.85. The first-order chi connectivity index (χ1) is 9.50. The Morgan fingerprint density at radius 1 is 1.55 bits per heavy atom. The Balaban J connectivity index is 1.83. The Hall–Kier alpha value is -1.69. The first-order valence-corrected chi connectivity index (χ1v) is 6.76. The lowest BCUT2D eigenvalue weighted by Gasteiger charge is -2.34. The molecule has 1 aromatic heterocycles. The monoisotopic (exact) mass is 279 g/mol. The van der Waals surface area contributed by atoms with Gasteiger partial charge in [-0.3, -0.25) is 4.79 Å². The first kappa shape index (κ1) is 14.7. The van der Waals surface area contributed by atoms with Gasteiger partial charge in [-0.05, 0) is 18.3 Å². The van der Waals surface area contributed by atoms with Gasteiger partial charge < -0.3 is 14.8 Å². The number of carbonyl (C=O) groups is 1. The zero-order valence-corrected chi connectivity index (χ0v) is 12.2. The van der Waals surface area contributed by atoms with Crippen molar-refractivity contribution in [2.45, 2.75) is 32.8 Å². The van der Waals surface area contributed by atoms with Crippen molar-refractivity contribution < 1.29 is 14.3 Å². The van der Waals surface area contributed by atoms with Crippen LogP contribution in [0.15, 0.2) is 12.4 Å². The molecule has 1 N–H and O–H groups in total. The Bertz CT molecular complexity index is 466. The van der Waals surface area contributed by atoms with Gasteiger partial charge in [0.05, 0.1) is 19.8 Å². The average Bonchev–Trinajstić information content (AvgIpc) is 2.46. The number of ether oxygens (including phenoxy) is 2. The molecule has 1 aromatic rings. The minimum Gasteiger partial charge on any atom is -0.481 e. The maximum atomic E-state index is 12.0. The van der Waals surface area contributed by atoms with Gasteiger partial charge in [-0.15, -0.1) is 0 Å². The molecule has 0 bridgehead atoms. The molecule has 2 rings (SSSR count). The number of rotatable bonds is 4. The number of carbonyl (C=O) groups excluding carboxylic acids is 1. The molecule has 0 aromatic carbocycles. The second kappa shape index (κ2) is 6.17. The fourth-order valence-electron chi connectivity index (χ4n) is 2.08. The van der Waals surface area contributed by atoms with E-state index in [0.29, 0.717) is 18.1 Å². The van der Waals surface area contributed by atoms with Crippen LogP contribution in [0.25, 0.3) is 0 Å². The quantitative estimate of drug-likeness (QED) is 0.902. The summed E-state index contributed by atoms with van der Waals surface area (Å²) in [5.74, 6) is 0.139. The van der Waals surface area contributed by atoms with Gasteiger partial charge in [-0.25, -0.2) is 9.97 Å². The molecular weight excluding hydrogens is 258 g/mol. The molecule has 1 aliphatic rings. The van der Waals surface area contributed by atoms with E-state index in [1.54, 1.807) is 0 Å². The van der Waals surface area contributed by atoms with Crippen molar-refractivity contribution in [3.05, 3.63) is 18.1 Å². The van der Waals surface area contributed by atoms with E-state index >= 15 is 0 Å². The van der Waals surface area contributed by atoms with Gasteiger partial charge in [-0.2, -0.15) is 0 Å². The topological polar surface area (TPSA) is 73.3 Å². The first-order valence-electron chi connectivity index (χ1n) is 6.76. The molecule has 20 heavy (non-hydrogen) atoms. The Morgan fingerprint density at radius 3 is 3.00 bits per heavy atom. The molecule has 0 radical (unpaired) electrons. The molecule has 1 unspecified atom stereocenters. The molecule has 2 heterocycles. The highest BCUT2D eigenvalue weighted by Gasteiger charge is 2.27. The van der Waals surface area contributed by atoms with Crippen LogP contribution in [0.3, 0.4) is 0 Å². The summed E-state index contributed by atoms with van der Waals surface area (Å²) in [5.41, 5.74) is 0.536. The Morgan fingerprint density at radius 2 is 2.35 bits per heavy atom. The summed E-state index contributed by atoms with van der Waals surface area (Å²) in [6, 6.07) is 1.51. The van der Waals surface area contributed by atoms with Crippen molar-refractivity contribution in [1.29, 1.82) is 0 Å². The van der Waals surface area contributed by atoms with Crippen LogP contribution in [-0.4, -0.2) is 42.2 Å². The SMILES string of the molecule is COc1cc(C(=O)NCC2CCC(C)(C)CO2)ncn1. The third kappa shape index (κ3) is 3.90. The van der Waals surface area contributed by atoms with Crippen LogP contribution in [0.4, 0.5) is 0 Å². The highest BCUT2D eigenvalue weighted by molar-refractivity contribution is 5.92. The van der Waals surface area contributed by atoms with Crippen LogP contribution in [0.2, 0.25) is 0 Å². The third-order valence-electron chi connectivity index (χ3n) is 3.43. The van der Waals surface area contributed by atoms with Crippen LogP contribution < -0.4 is 10.1 Å². The minimum atomic E-state index is -0.237. The second-order valence-corrected chi connectivity index (χ2v) is 5.79. The molecule has 1 aliphatic heterocycles. The van der Waals surface area contributed by atoms with Crippen LogP contribution in [0, 0.1) is 5.41 Å². The van der Waals surface area contributed by atoms with E-state index in [1.165, 1.54) is 19.5 Å². The van der Waals surface area contributed by atoms with E-state index in [9.17, 15) is 4.79 Å². The zero-order valence-electron chi connectivity index (χ0n) is 12.2. The van der Waals surface area contributed by atoms with Crippen molar-refractivity contribution in [2.75, 3.05) is 20.3 Å². The van der Waals surface area contributed by atoms with Crippen molar-refractivity contribution in [3.63, 3.8) is 0 Å². The largest absolute Gasteiger partial charge is 0.481 e. The number of hydrogen-bond acceptors (Lipinski definition) is 5. The van der Waals surface area contributed by atoms with E-state index in [-0.39, 0.29) is 17.4 Å². The van der Waals surface area contributed by atoms with E-state index in [2.05, 4.69) is 29.1 Å². The van der Waals surface area contributed by atoms with Gasteiger partial charge in [0.1, 0.15) is 12.0 Å². The van der Waals surface area contributed by atoms with Gasteiger partial charge in [0.25, 0.3) is 5.91 Å². The number of nitrogens with one attached hydrogen (secondary N) is 1. The number of methoxy groups -OCH3 is 1. The standard InChI is InChI=1S/C14H21N3O3/c1-14(2)5-4-10(20-8-14)7-15-13(18)11-6-12(19-3)17-9-16-11/h6,9-10H,4-5,7-8H2,1-3H3,(H,15,18). The van der Waals surface area contributed by atoms with E-state index in [1.807, 2.05) is 0 Å². The van der Waals surface area contributed by atoms with E-state index < -0.39 is 0 Å². The summed E-state index contributed by atoms with van der Waals surface area (Å²) in [4.78, 5) is 19.8. The molecule has 1 fully saturated rings. The van der Waals surface area contributed by atoms with Crippen molar-refractivity contribution in [3.8, 4) is 5.88 Å². The molecule has 1 saturated heterocycles. The zero-order chi connectivity index (χ0) is 14.6. The lowest BCUT2D eigenvalue weighted by Crippen LogP contribution is -2.39. The predicted molar refractivity (Wildman–Crippen MR) is 73.7 cm³/mol. The molecular formula is C14H21N3O3. The molecule has 6 heteroatoms. The average molecular weight is 279 g/mol. The molecule has 0 aliphatic carbocycles. The minimum absolute atomic E-state index is 0.0794. The maximum absolute atomic E-state index is 12.0. The summed E-state index contributed by atoms with van der Waals surface area (Å²) in [6.45, 7) is 5.61. The molecule has 6 nitrogen and oxygen atoms in total. The second-order valence-electron chi connectivity index (χ2n) is 5.79. The number of amides is 1. The van der Waals surface area contributed by atoms with Crippen molar-refractivity contribution >= 4 is 5.91 Å². The fourth-order valence-corrected chi connectivity index (χ4v) is 2.08. The van der Waals surface area contributed by atoms with Crippen LogP contribution >= 0.6 is 0 Å². The van der Waals surface area contributed by atoms with Crippen LogP contribution in [-0.2, 0) is 4.74 Å². The highest BCUT2D eigenvalue weighted by atomic mass is 16.5. The Labute approximate surface area is 118 Å². The maximum Gasteiger partial charge on any atom is 0.270 e. The van der Waals surface area contributed by atoms with E-state index in [0.717, 1.165) is 19.4 Å². The molecule has 0 saturated carbocycles. The predicted octanol–water partition coefficient (Wildman–Crippen LogP) is 1.42. The summed E-state index contributed by atoms with van der Waals surface area (Å²) >= 11 is 0. The molecule has 1 atom stereocenters. The number of nitrogens with zero attached hydrogens (tertiary/aromatic N) is 2. The lowest BCUT2D eigenvalue weighted by molar-refractivity contribution is -0.0458. The van der Waals surface area contributed by atoms with Crippen LogP contribution in [0.5, 0.6) is 5.88 Å². The number of hydrogen-bond donors (Lipinski definition) is 1. The molecule has 110 valence electrons. The van der Waals surface area contributed by atoms with Gasteiger partial charge in [0.15, 0.2) is 0 Å². The molecule has 1 amide bonds. The fraction of sp³-hybridized carbons (Fsp3) is 0.643. The summed E-state index contributed by atoms with van der Waals surface area (Å²) in [5, 5.41) is 2.84. The normalized spacial score (nSPS) is 21.2. The van der Waals surface area contributed by atoms with E-state index in [4.69, 9.17) is 9.47 Å². The van der Waals surface area contributed by atoms with Crippen molar-refractivity contribution in [1.82, 2.24) is 15.3 Å². The summed E-state index contributed by atoms with van der Waals surface area (Å²) < 4.78 is 10.7. The van der Waals surface area contributed by atoms with Crippen molar-refractivity contribution in [2.24, 2.45) is 5.41 Å². The molecule has 0 spiro atoms. The summed E-state index contributed by atoms with van der Waals surface area (Å²) in [7, 11) is 1.50. The van der Waals surface area contributed by atoms with Gasteiger partial charge >= 0.3 is 0 Å². The smallest absolute Gasteiger partial charge is 0.270 e. The third-order valence-corrected chi connectivity index (χ3v) is 3.43. The highest BCUT2D eigenvalue weighted by Crippen LogP contribution is 2.29.